The molecule has 0 radical (unpaired) electrons. The van der Waals surface area contributed by atoms with Crippen molar-refractivity contribution in [1.29, 1.82) is 0 Å². The second-order valence-corrected chi connectivity index (χ2v) is 2.71. The summed E-state index contributed by atoms with van der Waals surface area (Å²) in [5.41, 5.74) is 8.23. The first-order valence-corrected chi connectivity index (χ1v) is 3.74. The molecule has 1 aromatic rings. The number of hydrogen-bond donors (Lipinski definition) is 1. The van der Waals surface area contributed by atoms with Crippen molar-refractivity contribution in [3.8, 4) is 5.75 Å². The van der Waals surface area contributed by atoms with Gasteiger partial charge in [0.25, 0.3) is 0 Å². The first kappa shape index (κ1) is 8.65. The van der Waals surface area contributed by atoms with Gasteiger partial charge in [0, 0.05) is 5.70 Å². The zero-order valence-electron chi connectivity index (χ0n) is 7.42. The molecule has 1 rings (SSSR count). The van der Waals surface area contributed by atoms with Crippen molar-refractivity contribution in [3.05, 3.63) is 35.9 Å². The average molecular weight is 163 g/mol. The molecule has 0 aliphatic heterocycles. The maximum Gasteiger partial charge on any atom is 0.119 e. The number of methoxy groups -OCH3 is 1. The Hall–Kier alpha value is -1.44. The van der Waals surface area contributed by atoms with Gasteiger partial charge in [0.1, 0.15) is 5.75 Å². The fourth-order valence-corrected chi connectivity index (χ4v) is 1.12. The quantitative estimate of drug-likeness (QED) is 0.723. The van der Waals surface area contributed by atoms with E-state index in [-0.39, 0.29) is 0 Å². The second kappa shape index (κ2) is 3.30. The van der Waals surface area contributed by atoms with Crippen LogP contribution in [0.25, 0.3) is 5.70 Å². The van der Waals surface area contributed by atoms with Gasteiger partial charge in [-0.25, -0.2) is 0 Å². The van der Waals surface area contributed by atoms with Gasteiger partial charge in [-0.15, -0.1) is 0 Å². The lowest BCUT2D eigenvalue weighted by Crippen LogP contribution is -1.97. The summed E-state index contributed by atoms with van der Waals surface area (Å²) in [6.45, 7) is 5.66. The predicted octanol–water partition coefficient (Wildman–Crippen LogP) is 1.93. The Morgan fingerprint density at radius 3 is 2.58 bits per heavy atom. The molecule has 0 fully saturated rings. The van der Waals surface area contributed by atoms with Gasteiger partial charge < -0.3 is 10.5 Å². The lowest BCUT2D eigenvalue weighted by molar-refractivity contribution is 0.414. The fraction of sp³-hybridized carbons (Fsp3) is 0.200. The van der Waals surface area contributed by atoms with Crippen molar-refractivity contribution < 1.29 is 4.74 Å². The molecule has 1 aromatic carbocycles. The standard InChI is InChI=1S/C10H13NO/c1-7-6-9(12-3)4-5-10(7)8(2)11/h4-6H,2,11H2,1,3H3. The van der Waals surface area contributed by atoms with Crippen molar-refractivity contribution in [2.45, 2.75) is 6.92 Å². The molecule has 0 saturated carbocycles. The minimum absolute atomic E-state index is 0.593. The summed E-state index contributed by atoms with van der Waals surface area (Å²) in [5.74, 6) is 0.845. The molecular formula is C10H13NO. The lowest BCUT2D eigenvalue weighted by Gasteiger charge is -2.06. The van der Waals surface area contributed by atoms with Crippen LogP contribution >= 0.6 is 0 Å². The van der Waals surface area contributed by atoms with E-state index in [1.165, 1.54) is 0 Å². The molecule has 0 aliphatic rings. The monoisotopic (exact) mass is 163 g/mol. The van der Waals surface area contributed by atoms with E-state index in [4.69, 9.17) is 10.5 Å². The van der Waals surface area contributed by atoms with E-state index in [0.717, 1.165) is 16.9 Å². The minimum atomic E-state index is 0.593. The van der Waals surface area contributed by atoms with Crippen LogP contribution in [0.3, 0.4) is 0 Å². The minimum Gasteiger partial charge on any atom is -0.497 e. The normalized spacial score (nSPS) is 9.50. The zero-order chi connectivity index (χ0) is 9.14. The highest BCUT2D eigenvalue weighted by molar-refractivity contribution is 5.64. The van der Waals surface area contributed by atoms with Crippen LogP contribution in [0.5, 0.6) is 5.75 Å². The summed E-state index contributed by atoms with van der Waals surface area (Å²) in [4.78, 5) is 0. The number of hydrogen-bond acceptors (Lipinski definition) is 2. The Kier molecular flexibility index (Phi) is 2.38. The summed E-state index contributed by atoms with van der Waals surface area (Å²) in [6.07, 6.45) is 0. The van der Waals surface area contributed by atoms with E-state index in [0.29, 0.717) is 5.70 Å². The Bertz CT molecular complexity index is 305. The molecule has 2 N–H and O–H groups in total. The number of ether oxygens (including phenoxy) is 1. The Labute approximate surface area is 72.7 Å². The molecule has 0 saturated heterocycles. The third-order valence-electron chi connectivity index (χ3n) is 1.78. The smallest absolute Gasteiger partial charge is 0.119 e. The van der Waals surface area contributed by atoms with Crippen LogP contribution < -0.4 is 10.5 Å². The van der Waals surface area contributed by atoms with Crippen molar-refractivity contribution in [3.63, 3.8) is 0 Å². The molecule has 0 amide bonds. The third kappa shape index (κ3) is 1.59. The number of rotatable bonds is 2. The molecule has 2 heteroatoms. The molecule has 0 heterocycles. The van der Waals surface area contributed by atoms with Gasteiger partial charge in [0.05, 0.1) is 7.11 Å². The van der Waals surface area contributed by atoms with Crippen molar-refractivity contribution in [2.75, 3.05) is 7.11 Å². The molecule has 0 aliphatic carbocycles. The SMILES string of the molecule is C=C(N)c1ccc(OC)cc1C. The average Bonchev–Trinajstić information content (AvgIpc) is 2.03. The van der Waals surface area contributed by atoms with E-state index in [1.54, 1.807) is 7.11 Å². The molecule has 0 unspecified atom stereocenters. The first-order chi connectivity index (χ1) is 5.65. The van der Waals surface area contributed by atoms with Gasteiger partial charge in [-0.2, -0.15) is 0 Å². The Balaban J connectivity index is 3.12. The molecule has 0 bridgehead atoms. The lowest BCUT2D eigenvalue weighted by atomic mass is 10.1. The van der Waals surface area contributed by atoms with Gasteiger partial charge in [-0.05, 0) is 36.2 Å². The molecular weight excluding hydrogens is 150 g/mol. The van der Waals surface area contributed by atoms with Gasteiger partial charge in [-0.1, -0.05) is 6.58 Å². The van der Waals surface area contributed by atoms with Gasteiger partial charge >= 0.3 is 0 Å². The Morgan fingerprint density at radius 1 is 1.50 bits per heavy atom. The number of benzene rings is 1. The van der Waals surface area contributed by atoms with Crippen LogP contribution in [-0.2, 0) is 0 Å². The maximum atomic E-state index is 5.57. The van der Waals surface area contributed by atoms with E-state index < -0.39 is 0 Å². The molecule has 2 nitrogen and oxygen atoms in total. The molecule has 64 valence electrons. The van der Waals surface area contributed by atoms with Crippen molar-refractivity contribution in [1.82, 2.24) is 0 Å². The maximum absolute atomic E-state index is 5.57. The van der Waals surface area contributed by atoms with E-state index >= 15 is 0 Å². The summed E-state index contributed by atoms with van der Waals surface area (Å²) in [6, 6.07) is 5.73. The second-order valence-electron chi connectivity index (χ2n) is 2.71. The summed E-state index contributed by atoms with van der Waals surface area (Å²) in [5, 5.41) is 0. The Morgan fingerprint density at radius 2 is 2.17 bits per heavy atom. The van der Waals surface area contributed by atoms with Crippen molar-refractivity contribution >= 4 is 5.70 Å². The van der Waals surface area contributed by atoms with E-state index in [1.807, 2.05) is 25.1 Å². The number of aryl methyl sites for hydroxylation is 1. The zero-order valence-corrected chi connectivity index (χ0v) is 7.42. The highest BCUT2D eigenvalue weighted by atomic mass is 16.5. The fourth-order valence-electron chi connectivity index (χ4n) is 1.12. The predicted molar refractivity (Wildman–Crippen MR) is 51.0 cm³/mol. The highest BCUT2D eigenvalue weighted by Gasteiger charge is 2.00. The molecule has 0 aromatic heterocycles. The van der Waals surface area contributed by atoms with Crippen LogP contribution in [0, 0.1) is 6.92 Å². The van der Waals surface area contributed by atoms with E-state index in [2.05, 4.69) is 6.58 Å². The molecule has 12 heavy (non-hydrogen) atoms. The summed E-state index contributed by atoms with van der Waals surface area (Å²) >= 11 is 0. The highest BCUT2D eigenvalue weighted by Crippen LogP contribution is 2.19. The largest absolute Gasteiger partial charge is 0.497 e. The summed E-state index contributed by atoms with van der Waals surface area (Å²) in [7, 11) is 1.64. The van der Waals surface area contributed by atoms with Gasteiger partial charge in [0.15, 0.2) is 0 Å². The first-order valence-electron chi connectivity index (χ1n) is 3.74. The van der Waals surface area contributed by atoms with Crippen LogP contribution in [0.2, 0.25) is 0 Å². The van der Waals surface area contributed by atoms with Gasteiger partial charge in [-0.3, -0.25) is 0 Å². The van der Waals surface area contributed by atoms with Crippen molar-refractivity contribution in [2.24, 2.45) is 5.73 Å². The third-order valence-corrected chi connectivity index (χ3v) is 1.78. The topological polar surface area (TPSA) is 35.2 Å². The molecule has 0 atom stereocenters. The number of nitrogens with two attached hydrogens (primary N) is 1. The van der Waals surface area contributed by atoms with E-state index in [9.17, 15) is 0 Å². The summed E-state index contributed by atoms with van der Waals surface area (Å²) < 4.78 is 5.06. The van der Waals surface area contributed by atoms with Crippen LogP contribution in [0.4, 0.5) is 0 Å². The van der Waals surface area contributed by atoms with Gasteiger partial charge in [0.2, 0.25) is 0 Å². The molecule has 0 spiro atoms. The van der Waals surface area contributed by atoms with Crippen LogP contribution in [-0.4, -0.2) is 7.11 Å². The van der Waals surface area contributed by atoms with Crippen LogP contribution in [0.15, 0.2) is 24.8 Å². The van der Waals surface area contributed by atoms with Crippen LogP contribution in [0.1, 0.15) is 11.1 Å².